The zero-order valence-electron chi connectivity index (χ0n) is 16.5. The number of nitrogens with one attached hydrogen (secondary N) is 2. The Morgan fingerprint density at radius 3 is 2.37 bits per heavy atom. The van der Waals surface area contributed by atoms with Crippen molar-refractivity contribution in [3.05, 3.63) is 39.5 Å². The number of carbonyl (C=O) groups excluding carboxylic acids is 1. The third-order valence-electron chi connectivity index (χ3n) is 7.27. The first-order valence-corrected chi connectivity index (χ1v) is 11.3. The van der Waals surface area contributed by atoms with Crippen molar-refractivity contribution in [2.75, 3.05) is 6.54 Å². The molecule has 1 aromatic heterocycles. The van der Waals surface area contributed by atoms with E-state index in [-0.39, 0.29) is 17.0 Å². The number of rotatable bonds is 5. The normalized spacial score (nSPS) is 29.7. The van der Waals surface area contributed by atoms with Crippen molar-refractivity contribution < 1.29 is 14.7 Å². The monoisotopic (exact) mass is 446 g/mol. The van der Waals surface area contributed by atoms with Gasteiger partial charge < -0.3 is 15.4 Å². The maximum atomic E-state index is 12.6. The zero-order valence-corrected chi connectivity index (χ0v) is 18.0. The number of aromatic nitrogens is 1. The van der Waals surface area contributed by atoms with Crippen molar-refractivity contribution in [2.45, 2.75) is 38.5 Å². The summed E-state index contributed by atoms with van der Waals surface area (Å²) in [4.78, 5) is 27.1. The van der Waals surface area contributed by atoms with Crippen LogP contribution in [0.25, 0.3) is 17.0 Å². The highest BCUT2D eigenvalue weighted by molar-refractivity contribution is 6.39. The van der Waals surface area contributed by atoms with Gasteiger partial charge in [0.2, 0.25) is 5.91 Å². The van der Waals surface area contributed by atoms with E-state index < -0.39 is 5.97 Å². The van der Waals surface area contributed by atoms with Crippen LogP contribution in [0.15, 0.2) is 18.2 Å². The quantitative estimate of drug-likeness (QED) is 0.528. The maximum Gasteiger partial charge on any atom is 0.352 e. The lowest BCUT2D eigenvalue weighted by Gasteiger charge is -2.56. The maximum absolute atomic E-state index is 12.6. The minimum Gasteiger partial charge on any atom is -0.477 e. The van der Waals surface area contributed by atoms with E-state index >= 15 is 0 Å². The molecule has 0 radical (unpaired) electrons. The van der Waals surface area contributed by atoms with Crippen LogP contribution in [-0.2, 0) is 4.79 Å². The molecule has 4 aliphatic rings. The van der Waals surface area contributed by atoms with Gasteiger partial charge >= 0.3 is 5.97 Å². The van der Waals surface area contributed by atoms with Gasteiger partial charge in [-0.15, -0.1) is 0 Å². The molecule has 4 fully saturated rings. The van der Waals surface area contributed by atoms with Gasteiger partial charge in [0, 0.05) is 34.1 Å². The Bertz CT molecular complexity index is 1040. The predicted molar refractivity (Wildman–Crippen MR) is 118 cm³/mol. The van der Waals surface area contributed by atoms with Crippen LogP contribution in [0.4, 0.5) is 0 Å². The van der Waals surface area contributed by atoms with Crippen molar-refractivity contribution in [1.82, 2.24) is 10.3 Å². The highest BCUT2D eigenvalue weighted by atomic mass is 35.5. The van der Waals surface area contributed by atoms with Crippen LogP contribution in [0.1, 0.15) is 54.6 Å². The fourth-order valence-corrected chi connectivity index (χ4v) is 7.20. The summed E-state index contributed by atoms with van der Waals surface area (Å²) in [5, 5.41) is 13.9. The van der Waals surface area contributed by atoms with Gasteiger partial charge in [-0.1, -0.05) is 23.2 Å². The summed E-state index contributed by atoms with van der Waals surface area (Å²) in [5.74, 6) is 1.18. The van der Waals surface area contributed by atoms with E-state index in [0.717, 1.165) is 17.8 Å². The fraction of sp³-hybridized carbons (Fsp3) is 0.478. The van der Waals surface area contributed by atoms with Crippen molar-refractivity contribution in [2.24, 2.45) is 23.2 Å². The van der Waals surface area contributed by atoms with E-state index in [9.17, 15) is 14.7 Å². The highest BCUT2D eigenvalue weighted by Gasteiger charge is 2.50. The molecule has 0 unspecified atom stereocenters. The molecule has 3 N–H and O–H groups in total. The van der Waals surface area contributed by atoms with Crippen molar-refractivity contribution in [1.29, 1.82) is 0 Å². The third kappa shape index (κ3) is 3.52. The van der Waals surface area contributed by atoms with E-state index in [1.165, 1.54) is 50.7 Å². The summed E-state index contributed by atoms with van der Waals surface area (Å²) < 4.78 is 0. The third-order valence-corrected chi connectivity index (χ3v) is 7.79. The molecular formula is C23H24Cl2N2O3. The van der Waals surface area contributed by atoms with Gasteiger partial charge in [-0.05, 0) is 79.9 Å². The molecule has 1 heterocycles. The Balaban J connectivity index is 1.34. The van der Waals surface area contributed by atoms with Crippen LogP contribution >= 0.6 is 23.2 Å². The number of hydrogen-bond donors (Lipinski definition) is 3. The second kappa shape index (κ2) is 7.31. The average molecular weight is 447 g/mol. The Morgan fingerprint density at radius 2 is 1.77 bits per heavy atom. The molecule has 158 valence electrons. The molecule has 5 nitrogen and oxygen atoms in total. The lowest BCUT2D eigenvalue weighted by atomic mass is 9.49. The number of benzene rings is 1. The molecule has 30 heavy (non-hydrogen) atoms. The first-order valence-electron chi connectivity index (χ1n) is 10.5. The van der Waals surface area contributed by atoms with Crippen molar-refractivity contribution >= 4 is 52.1 Å². The van der Waals surface area contributed by atoms with E-state index in [2.05, 4.69) is 10.3 Å². The van der Waals surface area contributed by atoms with Gasteiger partial charge in [-0.25, -0.2) is 4.79 Å². The zero-order chi connectivity index (χ0) is 21.0. The Labute approximate surface area is 184 Å². The summed E-state index contributed by atoms with van der Waals surface area (Å²) in [7, 11) is 0. The van der Waals surface area contributed by atoms with Gasteiger partial charge in [0.05, 0.1) is 5.02 Å². The van der Waals surface area contributed by atoms with Gasteiger partial charge in [0.15, 0.2) is 0 Å². The summed E-state index contributed by atoms with van der Waals surface area (Å²) in [6, 6.07) is 3.19. The molecule has 4 bridgehead atoms. The smallest absolute Gasteiger partial charge is 0.352 e. The molecule has 0 spiro atoms. The van der Waals surface area contributed by atoms with Crippen molar-refractivity contribution in [3.63, 3.8) is 0 Å². The molecule has 4 aliphatic carbocycles. The number of aromatic carboxylic acids is 1. The minimum atomic E-state index is -1.12. The number of hydrogen-bond acceptors (Lipinski definition) is 2. The Hall–Kier alpha value is -1.98. The Morgan fingerprint density at radius 1 is 1.13 bits per heavy atom. The van der Waals surface area contributed by atoms with Crippen LogP contribution in [-0.4, -0.2) is 28.5 Å². The van der Waals surface area contributed by atoms with Crippen LogP contribution in [0, 0.1) is 23.2 Å². The van der Waals surface area contributed by atoms with Gasteiger partial charge in [0.1, 0.15) is 5.69 Å². The second-order valence-electron chi connectivity index (χ2n) is 9.50. The largest absolute Gasteiger partial charge is 0.477 e. The summed E-state index contributed by atoms with van der Waals surface area (Å²) in [6.45, 7) is 0.704. The topological polar surface area (TPSA) is 82.2 Å². The highest BCUT2D eigenvalue weighted by Crippen LogP contribution is 2.59. The molecular weight excluding hydrogens is 423 g/mol. The van der Waals surface area contributed by atoms with Crippen LogP contribution in [0.2, 0.25) is 10.0 Å². The van der Waals surface area contributed by atoms with E-state index in [4.69, 9.17) is 23.2 Å². The number of halogens is 2. The van der Waals surface area contributed by atoms with Gasteiger partial charge in [-0.3, -0.25) is 4.79 Å². The number of H-pyrrole nitrogens is 1. The lowest BCUT2D eigenvalue weighted by molar-refractivity contribution is -0.118. The number of carboxylic acids is 1. The number of carbonyl (C=O) groups is 2. The Kier molecular flexibility index (Phi) is 4.86. The number of amides is 1. The lowest BCUT2D eigenvalue weighted by Crippen LogP contribution is -2.51. The van der Waals surface area contributed by atoms with Gasteiger partial charge in [0.25, 0.3) is 0 Å². The number of fused-ring (bicyclic) bond motifs is 1. The first kappa shape index (κ1) is 20.0. The molecule has 0 saturated heterocycles. The first-order chi connectivity index (χ1) is 14.3. The number of aromatic amines is 1. The molecule has 0 atom stereocenters. The van der Waals surface area contributed by atoms with Crippen molar-refractivity contribution in [3.8, 4) is 0 Å². The second-order valence-corrected chi connectivity index (χ2v) is 10.3. The molecule has 1 aromatic carbocycles. The minimum absolute atomic E-state index is 0.0145. The predicted octanol–water partition coefficient (Wildman–Crippen LogP) is 5.52. The fourth-order valence-electron chi connectivity index (χ4n) is 6.61. The standard InChI is InChI=1S/C23H24Cl2N2O3/c24-15-6-17(25)20-16(21(22(29)30)27-18(20)7-15)1-2-19(28)26-11-23-8-12-3-13(9-23)5-14(4-12)10-23/h1-2,6-7,12-14,27H,3-5,8-11H2,(H,26,28)(H,29,30). The summed E-state index contributed by atoms with van der Waals surface area (Å²) in [6.07, 6.45) is 10.7. The van der Waals surface area contributed by atoms with Gasteiger partial charge in [-0.2, -0.15) is 0 Å². The summed E-state index contributed by atoms with van der Waals surface area (Å²) in [5.41, 5.74) is 1.15. The van der Waals surface area contributed by atoms with E-state index in [0.29, 0.717) is 33.1 Å². The molecule has 6 rings (SSSR count). The van der Waals surface area contributed by atoms with Crippen LogP contribution < -0.4 is 5.32 Å². The summed E-state index contributed by atoms with van der Waals surface area (Å²) >= 11 is 12.3. The van der Waals surface area contributed by atoms with Crippen LogP contribution in [0.3, 0.4) is 0 Å². The number of carboxylic acid groups (broad SMARTS) is 1. The van der Waals surface area contributed by atoms with E-state index in [1.807, 2.05) is 0 Å². The average Bonchev–Trinajstić information content (AvgIpc) is 3.02. The van der Waals surface area contributed by atoms with Crippen LogP contribution in [0.5, 0.6) is 0 Å². The molecule has 1 amide bonds. The van der Waals surface area contributed by atoms with E-state index in [1.54, 1.807) is 12.1 Å². The molecule has 2 aromatic rings. The SMILES string of the molecule is O=C(C=Cc1c(C(=O)O)[nH]c2cc(Cl)cc(Cl)c12)NCC12CC3CC(CC(C3)C1)C2. The molecule has 4 saturated carbocycles. The molecule has 0 aliphatic heterocycles. The molecule has 7 heteroatoms.